The molecule has 2 nitrogen and oxygen atoms in total. The predicted octanol–water partition coefficient (Wildman–Crippen LogP) is 3.22. The monoisotopic (exact) mass is 215 g/mol. The summed E-state index contributed by atoms with van der Waals surface area (Å²) < 4.78 is 5.45. The van der Waals surface area contributed by atoms with E-state index in [1.807, 2.05) is 0 Å². The first-order valence-corrected chi connectivity index (χ1v) is 6.47. The molecule has 2 heteroatoms. The molecular formula is C13H29NO. The van der Waals surface area contributed by atoms with Crippen LogP contribution in [0.25, 0.3) is 0 Å². The summed E-state index contributed by atoms with van der Waals surface area (Å²) in [6, 6.07) is 0. The van der Waals surface area contributed by atoms with E-state index in [1.165, 1.54) is 25.7 Å². The quantitative estimate of drug-likeness (QED) is 0.565. The van der Waals surface area contributed by atoms with Crippen molar-refractivity contribution in [3.63, 3.8) is 0 Å². The smallest absolute Gasteiger partial charge is 0.0471 e. The summed E-state index contributed by atoms with van der Waals surface area (Å²) in [7, 11) is 0. The van der Waals surface area contributed by atoms with Crippen LogP contribution >= 0.6 is 0 Å². The van der Waals surface area contributed by atoms with Gasteiger partial charge in [-0.25, -0.2) is 0 Å². The van der Waals surface area contributed by atoms with Gasteiger partial charge in [-0.1, -0.05) is 27.2 Å². The first-order chi connectivity index (χ1) is 7.18. The highest BCUT2D eigenvalue weighted by molar-refractivity contribution is 4.76. The van der Waals surface area contributed by atoms with Gasteiger partial charge in [-0.2, -0.15) is 0 Å². The van der Waals surface area contributed by atoms with E-state index >= 15 is 0 Å². The summed E-state index contributed by atoms with van der Waals surface area (Å²) in [5.41, 5.74) is 0.416. The van der Waals surface area contributed by atoms with Crippen LogP contribution in [-0.2, 0) is 4.74 Å². The zero-order valence-corrected chi connectivity index (χ0v) is 11.1. The van der Waals surface area contributed by atoms with Crippen LogP contribution < -0.4 is 5.32 Å². The Hall–Kier alpha value is -0.0800. The molecule has 1 unspecified atom stereocenters. The van der Waals surface area contributed by atoms with Crippen molar-refractivity contribution in [2.75, 3.05) is 26.3 Å². The number of rotatable bonds is 10. The zero-order valence-electron chi connectivity index (χ0n) is 11.1. The van der Waals surface area contributed by atoms with Crippen molar-refractivity contribution in [2.24, 2.45) is 5.41 Å². The first-order valence-electron chi connectivity index (χ1n) is 6.47. The first kappa shape index (κ1) is 14.9. The Morgan fingerprint density at radius 3 is 2.33 bits per heavy atom. The Morgan fingerprint density at radius 1 is 1.07 bits per heavy atom. The maximum atomic E-state index is 5.45. The molecule has 0 amide bonds. The molecule has 0 aliphatic heterocycles. The van der Waals surface area contributed by atoms with Crippen LogP contribution in [0.15, 0.2) is 0 Å². The Bertz CT molecular complexity index is 126. The van der Waals surface area contributed by atoms with E-state index in [0.717, 1.165) is 26.3 Å². The molecule has 1 N–H and O–H groups in total. The molecule has 0 saturated carbocycles. The van der Waals surface area contributed by atoms with Crippen LogP contribution in [0.3, 0.4) is 0 Å². The molecule has 0 radical (unpaired) electrons. The van der Waals surface area contributed by atoms with E-state index in [0.29, 0.717) is 5.41 Å². The van der Waals surface area contributed by atoms with Crippen LogP contribution in [0.5, 0.6) is 0 Å². The maximum absolute atomic E-state index is 5.45. The number of ether oxygens (including phenoxy) is 1. The van der Waals surface area contributed by atoms with Gasteiger partial charge in [0.05, 0.1) is 0 Å². The van der Waals surface area contributed by atoms with Crippen LogP contribution in [-0.4, -0.2) is 26.3 Å². The van der Waals surface area contributed by atoms with Gasteiger partial charge in [0, 0.05) is 19.8 Å². The van der Waals surface area contributed by atoms with Crippen molar-refractivity contribution in [2.45, 2.75) is 53.4 Å². The molecule has 0 aliphatic carbocycles. The summed E-state index contributed by atoms with van der Waals surface area (Å²) in [5.74, 6) is 0. The third-order valence-corrected chi connectivity index (χ3v) is 2.89. The lowest BCUT2D eigenvalue weighted by Crippen LogP contribution is -2.33. The fraction of sp³-hybridized carbons (Fsp3) is 1.00. The molecule has 15 heavy (non-hydrogen) atoms. The molecule has 0 fully saturated rings. The average Bonchev–Trinajstić information content (AvgIpc) is 2.19. The van der Waals surface area contributed by atoms with Crippen LogP contribution in [0.2, 0.25) is 0 Å². The highest BCUT2D eigenvalue weighted by atomic mass is 16.5. The molecule has 0 rings (SSSR count). The van der Waals surface area contributed by atoms with E-state index in [9.17, 15) is 0 Å². The molecule has 1 atom stereocenters. The summed E-state index contributed by atoms with van der Waals surface area (Å²) in [6.07, 6.45) is 4.94. The van der Waals surface area contributed by atoms with Crippen molar-refractivity contribution >= 4 is 0 Å². The largest absolute Gasteiger partial charge is 0.382 e. The highest BCUT2D eigenvalue weighted by Crippen LogP contribution is 2.26. The maximum Gasteiger partial charge on any atom is 0.0471 e. The van der Waals surface area contributed by atoms with Gasteiger partial charge in [0.1, 0.15) is 0 Å². The lowest BCUT2D eigenvalue weighted by molar-refractivity contribution is 0.104. The molecule has 0 aromatic carbocycles. The molecule has 0 heterocycles. The topological polar surface area (TPSA) is 21.3 Å². The highest BCUT2D eigenvalue weighted by Gasteiger charge is 2.22. The summed E-state index contributed by atoms with van der Waals surface area (Å²) in [5, 5.41) is 3.53. The number of hydrogen-bond donors (Lipinski definition) is 1. The second-order valence-corrected chi connectivity index (χ2v) is 4.68. The van der Waals surface area contributed by atoms with Gasteiger partial charge in [0.2, 0.25) is 0 Å². The van der Waals surface area contributed by atoms with E-state index in [2.05, 4.69) is 33.0 Å². The van der Waals surface area contributed by atoms with Crippen molar-refractivity contribution in [1.29, 1.82) is 0 Å². The molecule has 0 saturated heterocycles. The molecule has 0 bridgehead atoms. The fourth-order valence-corrected chi connectivity index (χ4v) is 1.94. The van der Waals surface area contributed by atoms with Gasteiger partial charge in [0.25, 0.3) is 0 Å². The minimum absolute atomic E-state index is 0.416. The van der Waals surface area contributed by atoms with E-state index in [1.54, 1.807) is 0 Å². The minimum Gasteiger partial charge on any atom is -0.382 e. The van der Waals surface area contributed by atoms with E-state index < -0.39 is 0 Å². The van der Waals surface area contributed by atoms with Gasteiger partial charge >= 0.3 is 0 Å². The SMILES string of the molecule is CCCNCC(C)(CCC)CCOCC. The standard InChI is InChI=1S/C13H29NO/c1-5-8-13(4,9-11-15-7-3)12-14-10-6-2/h14H,5-12H2,1-4H3. The molecule has 0 aromatic heterocycles. The van der Waals surface area contributed by atoms with Crippen LogP contribution in [0, 0.1) is 5.41 Å². The molecule has 0 aromatic rings. The second-order valence-electron chi connectivity index (χ2n) is 4.68. The Kier molecular flexibility index (Phi) is 9.12. The van der Waals surface area contributed by atoms with Crippen molar-refractivity contribution in [3.8, 4) is 0 Å². The molecular weight excluding hydrogens is 186 g/mol. The summed E-state index contributed by atoms with van der Waals surface area (Å²) in [4.78, 5) is 0. The summed E-state index contributed by atoms with van der Waals surface area (Å²) >= 11 is 0. The number of hydrogen-bond acceptors (Lipinski definition) is 2. The normalized spacial score (nSPS) is 15.2. The van der Waals surface area contributed by atoms with Crippen LogP contribution in [0.1, 0.15) is 53.4 Å². The van der Waals surface area contributed by atoms with Crippen molar-refractivity contribution < 1.29 is 4.74 Å². The fourth-order valence-electron chi connectivity index (χ4n) is 1.94. The van der Waals surface area contributed by atoms with Gasteiger partial charge in [-0.3, -0.25) is 0 Å². The molecule has 0 aliphatic rings. The molecule has 0 spiro atoms. The zero-order chi connectivity index (χ0) is 11.6. The van der Waals surface area contributed by atoms with Gasteiger partial charge in [0.15, 0.2) is 0 Å². The Balaban J connectivity index is 3.83. The molecule has 92 valence electrons. The van der Waals surface area contributed by atoms with Crippen molar-refractivity contribution in [1.82, 2.24) is 5.32 Å². The Labute approximate surface area is 95.8 Å². The van der Waals surface area contributed by atoms with Gasteiger partial charge in [-0.15, -0.1) is 0 Å². The number of nitrogens with one attached hydrogen (secondary N) is 1. The van der Waals surface area contributed by atoms with Crippen molar-refractivity contribution in [3.05, 3.63) is 0 Å². The predicted molar refractivity (Wildman–Crippen MR) is 67.3 cm³/mol. The Morgan fingerprint density at radius 2 is 1.80 bits per heavy atom. The average molecular weight is 215 g/mol. The van der Waals surface area contributed by atoms with Gasteiger partial charge < -0.3 is 10.1 Å². The summed E-state index contributed by atoms with van der Waals surface area (Å²) in [6.45, 7) is 12.9. The van der Waals surface area contributed by atoms with E-state index in [-0.39, 0.29) is 0 Å². The van der Waals surface area contributed by atoms with Gasteiger partial charge in [-0.05, 0) is 38.1 Å². The second kappa shape index (κ2) is 9.17. The van der Waals surface area contributed by atoms with E-state index in [4.69, 9.17) is 4.74 Å². The minimum atomic E-state index is 0.416. The third kappa shape index (κ3) is 7.80. The lowest BCUT2D eigenvalue weighted by Gasteiger charge is -2.29. The van der Waals surface area contributed by atoms with Crippen LogP contribution in [0.4, 0.5) is 0 Å². The third-order valence-electron chi connectivity index (χ3n) is 2.89. The lowest BCUT2D eigenvalue weighted by atomic mass is 9.82.